The van der Waals surface area contributed by atoms with Crippen molar-refractivity contribution in [2.75, 3.05) is 6.61 Å². The van der Waals surface area contributed by atoms with E-state index in [2.05, 4.69) is 3.22 Å². The summed E-state index contributed by atoms with van der Waals surface area (Å²) in [6.07, 6.45) is 2.32. The lowest BCUT2D eigenvalue weighted by Gasteiger charge is -2.37. The van der Waals surface area contributed by atoms with Crippen LogP contribution in [0.25, 0.3) is 0 Å². The molecule has 1 saturated heterocycles. The van der Waals surface area contributed by atoms with E-state index in [1.54, 1.807) is 36.0 Å². The highest BCUT2D eigenvalue weighted by Crippen LogP contribution is 2.23. The summed E-state index contributed by atoms with van der Waals surface area (Å²) in [5.74, 6) is 0. The molecule has 1 rings (SSSR count). The van der Waals surface area contributed by atoms with Gasteiger partial charge in [0, 0.05) is 19.0 Å². The van der Waals surface area contributed by atoms with Crippen LogP contribution in [0.4, 0.5) is 4.79 Å². The molecule has 0 aliphatic carbocycles. The van der Waals surface area contributed by atoms with E-state index < -0.39 is 24.5 Å². The number of amides is 3. The Balaban J connectivity index is 2.72. The Hall–Kier alpha value is -0.750. The quantitative estimate of drug-likeness (QED) is 0.297. The summed E-state index contributed by atoms with van der Waals surface area (Å²) in [5, 5.41) is 11.9. The fourth-order valence-corrected chi connectivity index (χ4v) is 2.08. The number of ether oxygens (including phenoxy) is 1. The average Bonchev–Trinajstić information content (AvgIpc) is 2.42. The Morgan fingerprint density at radius 1 is 1.60 bits per heavy atom. The van der Waals surface area contributed by atoms with Crippen molar-refractivity contribution in [1.29, 1.82) is 0 Å². The zero-order valence-electron chi connectivity index (χ0n) is 10.9. The third kappa shape index (κ3) is 5.32. The Kier molecular flexibility index (Phi) is 7.99. The minimum absolute atomic E-state index is 0.134. The first-order valence-corrected chi connectivity index (χ1v) is 6.89. The lowest BCUT2D eigenvalue weighted by Crippen LogP contribution is -2.50. The fourth-order valence-electron chi connectivity index (χ4n) is 1.93. The molecule has 1 aliphatic rings. The van der Waals surface area contributed by atoms with Crippen LogP contribution in [0.5, 0.6) is 0 Å². The molecule has 1 aliphatic heterocycles. The van der Waals surface area contributed by atoms with E-state index in [-0.39, 0.29) is 13.0 Å². The van der Waals surface area contributed by atoms with Gasteiger partial charge in [-0.1, -0.05) is 6.08 Å². The van der Waals surface area contributed by atoms with Crippen LogP contribution in [0.3, 0.4) is 0 Å². The van der Waals surface area contributed by atoms with Crippen LogP contribution in [0.15, 0.2) is 12.3 Å². The molecule has 1 heterocycles. The molecule has 0 aromatic rings. The van der Waals surface area contributed by atoms with Crippen LogP contribution >= 0.6 is 23.0 Å². The van der Waals surface area contributed by atoms with Gasteiger partial charge in [-0.25, -0.2) is 9.68 Å². The minimum Gasteiger partial charge on any atom is -0.393 e. The number of rotatable bonds is 6. The summed E-state index contributed by atoms with van der Waals surface area (Å²) < 4.78 is 10.1. The molecule has 3 atom stereocenters. The van der Waals surface area contributed by atoms with E-state index in [0.29, 0.717) is 12.8 Å². The van der Waals surface area contributed by atoms with Crippen molar-refractivity contribution < 1.29 is 27.5 Å². The summed E-state index contributed by atoms with van der Waals surface area (Å²) in [4.78, 5) is 28.1. The molecule has 3 amide bonds. The van der Waals surface area contributed by atoms with E-state index in [1.807, 2.05) is 5.32 Å². The van der Waals surface area contributed by atoms with Crippen LogP contribution in [-0.4, -0.2) is 47.5 Å². The number of nitrogens with zero attached hydrogens (tertiary/aromatic N) is 1. The normalized spacial score (nSPS) is 26.4. The van der Waals surface area contributed by atoms with Gasteiger partial charge >= 0.3 is 6.03 Å². The van der Waals surface area contributed by atoms with Crippen LogP contribution < -0.4 is 5.32 Å². The maximum atomic E-state index is 11.8. The number of allylic oxidation sites excluding steroid dienone is 1. The van der Waals surface area contributed by atoms with Gasteiger partial charge in [-0.05, 0) is 6.92 Å². The first-order chi connectivity index (χ1) is 9.62. The summed E-state index contributed by atoms with van der Waals surface area (Å²) in [5.41, 5.74) is 0. The first-order valence-electron chi connectivity index (χ1n) is 6.01. The molecule has 2 N–H and O–H groups in total. The number of urea groups is 1. The predicted octanol–water partition coefficient (Wildman–Crippen LogP) is 0.852. The highest BCUT2D eigenvalue weighted by Gasteiger charge is 2.33. The van der Waals surface area contributed by atoms with E-state index in [0.717, 1.165) is 0 Å². The summed E-state index contributed by atoms with van der Waals surface area (Å²) in [6.45, 7) is 1.86. The first kappa shape index (κ1) is 17.3. The topological polar surface area (TPSA) is 97.3 Å². The third-order valence-corrected chi connectivity index (χ3v) is 2.95. The third-order valence-electron chi connectivity index (χ3n) is 2.69. The molecule has 0 saturated carbocycles. The van der Waals surface area contributed by atoms with Crippen molar-refractivity contribution >= 4 is 35.4 Å². The molecule has 0 bridgehead atoms. The van der Waals surface area contributed by atoms with Crippen molar-refractivity contribution in [3.63, 3.8) is 0 Å². The molecule has 0 aromatic carbocycles. The second kappa shape index (κ2) is 9.23. The largest absolute Gasteiger partial charge is 0.393 e. The molecule has 0 radical (unpaired) electrons. The van der Waals surface area contributed by atoms with E-state index in [9.17, 15) is 14.7 Å². The van der Waals surface area contributed by atoms with Crippen molar-refractivity contribution in [1.82, 2.24) is 10.2 Å². The zero-order chi connectivity index (χ0) is 15.0. The van der Waals surface area contributed by atoms with Crippen molar-refractivity contribution in [3.8, 4) is 0 Å². The average molecular weight is 400 g/mol. The molecular formula is C11H17IN2O6. The highest BCUT2D eigenvalue weighted by molar-refractivity contribution is 14.1. The molecule has 114 valence electrons. The van der Waals surface area contributed by atoms with Crippen LogP contribution in [0.2, 0.25) is 0 Å². The Labute approximate surface area is 130 Å². The number of hydrogen-bond acceptors (Lipinski definition) is 6. The lowest BCUT2D eigenvalue weighted by atomic mass is 10.0. The number of halogens is 1. The number of carbonyl (C=O) groups excluding carboxylic acids is 2. The van der Waals surface area contributed by atoms with Gasteiger partial charge in [-0.3, -0.25) is 15.0 Å². The number of aliphatic hydroxyl groups excluding tert-OH is 1. The molecule has 1 fully saturated rings. The van der Waals surface area contributed by atoms with Crippen LogP contribution in [0, 0.1) is 0 Å². The summed E-state index contributed by atoms with van der Waals surface area (Å²) >= 11 is 1.58. The molecule has 0 spiro atoms. The van der Waals surface area contributed by atoms with Gasteiger partial charge < -0.3 is 9.84 Å². The SMILES string of the molecule is C/C=C\N(C(=O)NC=O)C1CC(O)CC(COOI)O1. The van der Waals surface area contributed by atoms with Gasteiger partial charge in [0.05, 0.1) is 12.2 Å². The predicted molar refractivity (Wildman–Crippen MR) is 76.2 cm³/mol. The molecular weight excluding hydrogens is 383 g/mol. The molecule has 20 heavy (non-hydrogen) atoms. The monoisotopic (exact) mass is 400 g/mol. The zero-order valence-corrected chi connectivity index (χ0v) is 13.1. The highest BCUT2D eigenvalue weighted by atomic mass is 127. The lowest BCUT2D eigenvalue weighted by molar-refractivity contribution is -0.224. The molecule has 8 nitrogen and oxygen atoms in total. The molecule has 3 unspecified atom stereocenters. The second-order valence-corrected chi connectivity index (χ2v) is 4.50. The van der Waals surface area contributed by atoms with Gasteiger partial charge in [-0.15, -0.1) is 0 Å². The number of imide groups is 1. The second-order valence-electron chi connectivity index (χ2n) is 4.14. The Morgan fingerprint density at radius 3 is 2.95 bits per heavy atom. The van der Waals surface area contributed by atoms with Crippen molar-refractivity contribution in [3.05, 3.63) is 12.3 Å². The Bertz CT molecular complexity index is 354. The fraction of sp³-hybridized carbons (Fsp3) is 0.636. The van der Waals surface area contributed by atoms with Gasteiger partial charge in [0.15, 0.2) is 23.0 Å². The standard InChI is InChI=1S/C11H17IN2O6/c1-2-3-14(11(17)13-7-15)10-5-8(16)4-9(19-10)6-18-20-12/h2-3,7-10,16H,4-6H2,1H3,(H,13,15,17)/b3-2-. The number of carbonyl (C=O) groups is 2. The van der Waals surface area contributed by atoms with Gasteiger partial charge in [0.1, 0.15) is 12.8 Å². The van der Waals surface area contributed by atoms with Gasteiger partial charge in [0.2, 0.25) is 6.41 Å². The number of hydrogen-bond donors (Lipinski definition) is 2. The van der Waals surface area contributed by atoms with Crippen molar-refractivity contribution in [2.45, 2.75) is 38.2 Å². The molecule has 0 aromatic heterocycles. The van der Waals surface area contributed by atoms with Crippen LogP contribution in [-0.2, 0) is 17.6 Å². The van der Waals surface area contributed by atoms with E-state index in [1.165, 1.54) is 11.1 Å². The van der Waals surface area contributed by atoms with E-state index >= 15 is 0 Å². The maximum absolute atomic E-state index is 11.8. The number of nitrogens with one attached hydrogen (secondary N) is 1. The van der Waals surface area contributed by atoms with Crippen molar-refractivity contribution in [2.24, 2.45) is 0 Å². The smallest absolute Gasteiger partial charge is 0.329 e. The Morgan fingerprint density at radius 2 is 2.35 bits per heavy atom. The number of aliphatic hydroxyl groups is 1. The minimum atomic E-state index is -0.683. The van der Waals surface area contributed by atoms with Gasteiger partial charge in [0.25, 0.3) is 0 Å². The van der Waals surface area contributed by atoms with Crippen LogP contribution in [0.1, 0.15) is 19.8 Å². The summed E-state index contributed by atoms with van der Waals surface area (Å²) in [7, 11) is 0. The maximum Gasteiger partial charge on any atom is 0.329 e. The summed E-state index contributed by atoms with van der Waals surface area (Å²) in [6, 6.07) is -0.623. The molecule has 9 heteroatoms. The van der Waals surface area contributed by atoms with E-state index in [4.69, 9.17) is 9.62 Å². The van der Waals surface area contributed by atoms with Gasteiger partial charge in [-0.2, -0.15) is 3.22 Å².